The Morgan fingerprint density at radius 2 is 0.973 bits per heavy atom. The molecule has 5 nitrogen and oxygen atoms in total. The summed E-state index contributed by atoms with van der Waals surface area (Å²) in [6.45, 7) is 0. The first-order chi connectivity index (χ1) is 17.0. The Morgan fingerprint density at radius 1 is 0.622 bits per heavy atom. The van der Waals surface area contributed by atoms with Gasteiger partial charge in [-0.05, 0) is 73.0 Å². The first kappa shape index (κ1) is 28.7. The SMILES string of the molecule is O=S(=O)(O)C(F)(F)C(F)(F)C(F)(F)S(=O)(=O)c1c(C2CCCC2)cc(C2CCCC2)cc1C1CCCC1. The molecule has 0 atom stereocenters. The van der Waals surface area contributed by atoms with Crippen LogP contribution in [-0.4, -0.2) is 37.8 Å². The zero-order valence-electron chi connectivity index (χ0n) is 20.0. The highest BCUT2D eigenvalue weighted by Gasteiger charge is 2.82. The quantitative estimate of drug-likeness (QED) is 0.263. The molecule has 210 valence electrons. The Morgan fingerprint density at radius 3 is 1.32 bits per heavy atom. The number of hydrogen-bond donors (Lipinski definition) is 1. The van der Waals surface area contributed by atoms with Crippen molar-refractivity contribution in [3.05, 3.63) is 28.8 Å². The summed E-state index contributed by atoms with van der Waals surface area (Å²) < 4.78 is 145. The van der Waals surface area contributed by atoms with Gasteiger partial charge in [0.05, 0.1) is 4.90 Å². The van der Waals surface area contributed by atoms with Crippen molar-refractivity contribution in [2.24, 2.45) is 0 Å². The van der Waals surface area contributed by atoms with Gasteiger partial charge >= 0.3 is 26.5 Å². The summed E-state index contributed by atoms with van der Waals surface area (Å²) in [5.41, 5.74) is 0.586. The van der Waals surface area contributed by atoms with Crippen molar-refractivity contribution in [2.45, 2.75) is 116 Å². The highest BCUT2D eigenvalue weighted by molar-refractivity contribution is 7.92. The largest absolute Gasteiger partial charge is 0.439 e. The van der Waals surface area contributed by atoms with E-state index in [0.29, 0.717) is 51.4 Å². The molecule has 0 radical (unpaired) electrons. The van der Waals surface area contributed by atoms with E-state index >= 15 is 8.78 Å². The average molecular weight is 577 g/mol. The summed E-state index contributed by atoms with van der Waals surface area (Å²) >= 11 is 0. The molecule has 0 amide bonds. The summed E-state index contributed by atoms with van der Waals surface area (Å²) in [5.74, 6) is -7.99. The predicted molar refractivity (Wildman–Crippen MR) is 124 cm³/mol. The second-order valence-electron chi connectivity index (χ2n) is 10.6. The second kappa shape index (κ2) is 9.69. The van der Waals surface area contributed by atoms with E-state index in [0.717, 1.165) is 31.2 Å². The smallest absolute Gasteiger partial charge is 0.281 e. The van der Waals surface area contributed by atoms with Crippen LogP contribution in [0, 0.1) is 0 Å². The third-order valence-corrected chi connectivity index (χ3v) is 11.1. The minimum absolute atomic E-state index is 0.0443. The summed E-state index contributed by atoms with van der Waals surface area (Å²) in [6.07, 6.45) is 7.77. The van der Waals surface area contributed by atoms with Gasteiger partial charge < -0.3 is 0 Å². The fraction of sp³-hybridized carbons (Fsp3) is 0.750. The van der Waals surface area contributed by atoms with Gasteiger partial charge in [-0.2, -0.15) is 34.8 Å². The Kier molecular flexibility index (Phi) is 7.51. The fourth-order valence-electron chi connectivity index (χ4n) is 6.21. The van der Waals surface area contributed by atoms with Crippen LogP contribution in [-0.2, 0) is 20.0 Å². The fourth-order valence-corrected chi connectivity index (χ4v) is 8.52. The van der Waals surface area contributed by atoms with Crippen LogP contribution in [0.5, 0.6) is 0 Å². The Hall–Kier alpha value is -1.34. The molecule has 3 aliphatic carbocycles. The molecule has 37 heavy (non-hydrogen) atoms. The predicted octanol–water partition coefficient (Wildman–Crippen LogP) is 7.14. The number of rotatable bonds is 8. The summed E-state index contributed by atoms with van der Waals surface area (Å²) in [5, 5.41) is -13.3. The lowest BCUT2D eigenvalue weighted by Crippen LogP contribution is -2.60. The zero-order chi connectivity index (χ0) is 27.4. The first-order valence-electron chi connectivity index (χ1n) is 12.6. The third-order valence-electron chi connectivity index (χ3n) is 8.25. The van der Waals surface area contributed by atoms with E-state index in [2.05, 4.69) is 0 Å². The standard InChI is InChI=1S/C24H30F6O5S2/c25-22(26,24(29,30)37(33,34)35)23(27,28)36(31,32)21-19(16-9-3-4-10-16)13-18(15-7-1-2-8-15)14-20(21)17-11-5-6-12-17/h13-17H,1-12H2,(H,33,34,35). The van der Waals surface area contributed by atoms with Crippen molar-refractivity contribution >= 4 is 20.0 Å². The van der Waals surface area contributed by atoms with Gasteiger partial charge in [0.1, 0.15) is 0 Å². The van der Waals surface area contributed by atoms with Gasteiger partial charge in [-0.3, -0.25) is 4.55 Å². The molecule has 1 N–H and O–H groups in total. The van der Waals surface area contributed by atoms with Crippen LogP contribution < -0.4 is 0 Å². The maximum atomic E-state index is 15.2. The lowest BCUT2D eigenvalue weighted by Gasteiger charge is -2.33. The molecule has 0 aliphatic heterocycles. The van der Waals surface area contributed by atoms with Gasteiger partial charge in [-0.15, -0.1) is 0 Å². The van der Waals surface area contributed by atoms with Gasteiger partial charge in [-0.1, -0.05) is 50.7 Å². The van der Waals surface area contributed by atoms with Gasteiger partial charge in [0.25, 0.3) is 9.84 Å². The van der Waals surface area contributed by atoms with E-state index in [1.807, 2.05) is 0 Å². The van der Waals surface area contributed by atoms with Crippen molar-refractivity contribution in [2.75, 3.05) is 0 Å². The average Bonchev–Trinajstić information content (AvgIpc) is 3.60. The normalized spacial score (nSPS) is 21.8. The van der Waals surface area contributed by atoms with Crippen molar-refractivity contribution < 1.29 is 47.7 Å². The van der Waals surface area contributed by atoms with Crippen molar-refractivity contribution in [1.82, 2.24) is 0 Å². The maximum absolute atomic E-state index is 15.2. The Bertz CT molecular complexity index is 1190. The van der Waals surface area contributed by atoms with E-state index in [9.17, 15) is 34.4 Å². The van der Waals surface area contributed by atoms with Crippen LogP contribution in [0.4, 0.5) is 26.3 Å². The minimum Gasteiger partial charge on any atom is -0.281 e. The molecule has 3 saturated carbocycles. The van der Waals surface area contributed by atoms with E-state index in [1.165, 1.54) is 12.1 Å². The molecule has 13 heteroatoms. The number of sulfone groups is 1. The maximum Gasteiger partial charge on any atom is 0.439 e. The molecule has 0 unspecified atom stereocenters. The zero-order valence-corrected chi connectivity index (χ0v) is 21.7. The van der Waals surface area contributed by atoms with Crippen molar-refractivity contribution in [3.8, 4) is 0 Å². The molecule has 1 aromatic carbocycles. The Labute approximate surface area is 212 Å². The highest BCUT2D eigenvalue weighted by atomic mass is 32.2. The van der Waals surface area contributed by atoms with Gasteiger partial charge in [0.15, 0.2) is 0 Å². The van der Waals surface area contributed by atoms with Crippen LogP contribution in [0.15, 0.2) is 17.0 Å². The van der Waals surface area contributed by atoms with E-state index in [4.69, 9.17) is 4.55 Å². The molecule has 0 saturated heterocycles. The van der Waals surface area contributed by atoms with Crippen LogP contribution >= 0.6 is 0 Å². The van der Waals surface area contributed by atoms with E-state index in [-0.39, 0.29) is 17.0 Å². The Balaban J connectivity index is 1.98. The number of alkyl halides is 6. The number of benzene rings is 1. The van der Waals surface area contributed by atoms with Crippen LogP contribution in [0.2, 0.25) is 0 Å². The second-order valence-corrected chi connectivity index (χ2v) is 13.9. The third kappa shape index (κ3) is 4.60. The van der Waals surface area contributed by atoms with Crippen LogP contribution in [0.1, 0.15) is 111 Å². The van der Waals surface area contributed by atoms with Crippen molar-refractivity contribution in [1.29, 1.82) is 0 Å². The highest BCUT2D eigenvalue weighted by Crippen LogP contribution is 2.55. The summed E-state index contributed by atoms with van der Waals surface area (Å²) in [6, 6.07) is 2.93. The lowest BCUT2D eigenvalue weighted by molar-refractivity contribution is -0.245. The topological polar surface area (TPSA) is 88.5 Å². The molecule has 3 fully saturated rings. The lowest BCUT2D eigenvalue weighted by atomic mass is 9.85. The first-order valence-corrected chi connectivity index (χ1v) is 15.5. The molecule has 0 spiro atoms. The van der Waals surface area contributed by atoms with Gasteiger partial charge in [-0.25, -0.2) is 8.42 Å². The number of hydrogen-bond acceptors (Lipinski definition) is 4. The molecule has 3 aliphatic rings. The van der Waals surface area contributed by atoms with Crippen LogP contribution in [0.25, 0.3) is 0 Å². The number of halogens is 6. The minimum atomic E-state index is -7.08. The molecular formula is C24H30F6O5S2. The van der Waals surface area contributed by atoms with Gasteiger partial charge in [0.2, 0.25) is 0 Å². The van der Waals surface area contributed by atoms with Crippen LogP contribution in [0.3, 0.4) is 0 Å². The monoisotopic (exact) mass is 576 g/mol. The summed E-state index contributed by atoms with van der Waals surface area (Å²) in [7, 11) is -13.6. The summed E-state index contributed by atoms with van der Waals surface area (Å²) in [4.78, 5) is -1.08. The molecule has 0 heterocycles. The molecular weight excluding hydrogens is 546 g/mol. The molecule has 0 aromatic heterocycles. The van der Waals surface area contributed by atoms with E-state index in [1.54, 1.807) is 0 Å². The molecule has 4 rings (SSSR count). The van der Waals surface area contributed by atoms with E-state index < -0.39 is 53.1 Å². The van der Waals surface area contributed by atoms with Gasteiger partial charge in [0, 0.05) is 0 Å². The molecule has 0 bridgehead atoms. The van der Waals surface area contributed by atoms with Crippen molar-refractivity contribution in [3.63, 3.8) is 0 Å². The molecule has 1 aromatic rings.